The maximum atomic E-state index is 14.9. The van der Waals surface area contributed by atoms with Crippen LogP contribution in [0.5, 0.6) is 0 Å². The van der Waals surface area contributed by atoms with E-state index in [9.17, 15) is 4.39 Å². The van der Waals surface area contributed by atoms with Crippen molar-refractivity contribution in [3.63, 3.8) is 0 Å². The quantitative estimate of drug-likeness (QED) is 0.129. The van der Waals surface area contributed by atoms with E-state index in [2.05, 4.69) is 129 Å². The van der Waals surface area contributed by atoms with Crippen LogP contribution in [0, 0.1) is 23.7 Å². The molecule has 45 heavy (non-hydrogen) atoms. The predicted octanol–water partition coefficient (Wildman–Crippen LogP) is 11.8. The largest absolute Gasteiger partial charge is 0.371 e. The number of hydrogen-bond donors (Lipinski definition) is 1. The van der Waals surface area contributed by atoms with Gasteiger partial charge in [-0.3, -0.25) is 0 Å². The summed E-state index contributed by atoms with van der Waals surface area (Å²) in [6, 6.07) is 0.182. The molecule has 3 heteroatoms. The lowest BCUT2D eigenvalue weighted by Gasteiger charge is -2.48. The first-order chi connectivity index (χ1) is 21.3. The van der Waals surface area contributed by atoms with E-state index >= 15 is 0 Å². The Morgan fingerprint density at radius 1 is 1.18 bits per heavy atom. The van der Waals surface area contributed by atoms with Gasteiger partial charge in [0.25, 0.3) is 0 Å². The van der Waals surface area contributed by atoms with E-state index in [0.717, 1.165) is 62.9 Å². The molecule has 1 aliphatic carbocycles. The van der Waals surface area contributed by atoms with Crippen LogP contribution in [0.25, 0.3) is 0 Å². The molecule has 0 bridgehead atoms. The van der Waals surface area contributed by atoms with Crippen molar-refractivity contribution in [2.75, 3.05) is 13.1 Å². The molecule has 250 valence electrons. The molecule has 0 saturated carbocycles. The van der Waals surface area contributed by atoms with Crippen LogP contribution in [-0.4, -0.2) is 29.6 Å². The summed E-state index contributed by atoms with van der Waals surface area (Å²) >= 11 is 0. The van der Waals surface area contributed by atoms with E-state index in [0.29, 0.717) is 18.3 Å². The first-order valence-electron chi connectivity index (χ1n) is 17.5. The number of rotatable bonds is 17. The summed E-state index contributed by atoms with van der Waals surface area (Å²) in [6.45, 7) is 35.4. The van der Waals surface area contributed by atoms with Crippen LogP contribution in [0.2, 0.25) is 0 Å². The van der Waals surface area contributed by atoms with Crippen molar-refractivity contribution in [2.24, 2.45) is 23.7 Å². The lowest BCUT2D eigenvalue weighted by molar-refractivity contribution is 0.215. The van der Waals surface area contributed by atoms with E-state index < -0.39 is 0 Å². The molecule has 2 aliphatic rings. The first-order valence-corrected chi connectivity index (χ1v) is 17.5. The number of halogens is 1. The van der Waals surface area contributed by atoms with Gasteiger partial charge in [0, 0.05) is 36.3 Å². The molecule has 0 aromatic carbocycles. The molecule has 0 radical (unpaired) electrons. The fourth-order valence-electron chi connectivity index (χ4n) is 7.36. The van der Waals surface area contributed by atoms with Crippen molar-refractivity contribution in [1.29, 1.82) is 0 Å². The molecule has 0 aromatic heterocycles. The molecule has 2 nitrogen and oxygen atoms in total. The van der Waals surface area contributed by atoms with Gasteiger partial charge in [0.1, 0.15) is 5.83 Å². The van der Waals surface area contributed by atoms with E-state index in [1.54, 1.807) is 6.08 Å². The third-order valence-corrected chi connectivity index (χ3v) is 9.92. The van der Waals surface area contributed by atoms with Crippen molar-refractivity contribution in [2.45, 2.75) is 119 Å². The van der Waals surface area contributed by atoms with E-state index in [1.807, 2.05) is 6.08 Å². The Labute approximate surface area is 277 Å². The Hall–Kier alpha value is -2.65. The van der Waals surface area contributed by atoms with Crippen molar-refractivity contribution in [3.8, 4) is 0 Å². The lowest BCUT2D eigenvalue weighted by atomic mass is 9.69. The number of nitrogens with one attached hydrogen (secondary N) is 1. The summed E-state index contributed by atoms with van der Waals surface area (Å²) in [5.41, 5.74) is 7.22. The van der Waals surface area contributed by atoms with Gasteiger partial charge in [-0.05, 0) is 101 Å². The van der Waals surface area contributed by atoms with Gasteiger partial charge < -0.3 is 10.2 Å². The molecule has 2 rings (SSSR count). The lowest BCUT2D eigenvalue weighted by Crippen LogP contribution is -2.57. The van der Waals surface area contributed by atoms with E-state index in [1.165, 1.54) is 22.3 Å². The van der Waals surface area contributed by atoms with Crippen LogP contribution < -0.4 is 5.32 Å². The Morgan fingerprint density at radius 2 is 1.89 bits per heavy atom. The van der Waals surface area contributed by atoms with Gasteiger partial charge in [0.15, 0.2) is 0 Å². The van der Waals surface area contributed by atoms with Gasteiger partial charge in [0.2, 0.25) is 0 Å². The SMILES string of the molecule is C=CC(C(C)C)C(C)(NC(CC(C)/C=C(C)\C=C/CC)C(=C)C)C1=C(CC)CN(C(=C)CC/C2=C(F)/C=C\CC=CC2C)CC1. The van der Waals surface area contributed by atoms with Crippen LogP contribution in [0.3, 0.4) is 0 Å². The molecule has 0 spiro atoms. The molecular formula is C42H65FN2. The predicted molar refractivity (Wildman–Crippen MR) is 198 cm³/mol. The van der Waals surface area contributed by atoms with Gasteiger partial charge in [-0.25, -0.2) is 4.39 Å². The summed E-state index contributed by atoms with van der Waals surface area (Å²) in [5, 5.41) is 4.20. The van der Waals surface area contributed by atoms with Crippen LogP contribution in [0.1, 0.15) is 107 Å². The van der Waals surface area contributed by atoms with Gasteiger partial charge in [-0.2, -0.15) is 0 Å². The molecule has 0 amide bonds. The average Bonchev–Trinajstić information content (AvgIpc) is 2.98. The van der Waals surface area contributed by atoms with Gasteiger partial charge in [0.05, 0.1) is 0 Å². The highest BCUT2D eigenvalue weighted by Crippen LogP contribution is 2.41. The van der Waals surface area contributed by atoms with Crippen LogP contribution >= 0.6 is 0 Å². The molecular weight excluding hydrogens is 551 g/mol. The highest BCUT2D eigenvalue weighted by molar-refractivity contribution is 5.34. The zero-order valence-corrected chi connectivity index (χ0v) is 30.3. The van der Waals surface area contributed by atoms with Crippen molar-refractivity contribution in [3.05, 3.63) is 108 Å². The van der Waals surface area contributed by atoms with Crippen molar-refractivity contribution in [1.82, 2.24) is 10.2 Å². The zero-order valence-electron chi connectivity index (χ0n) is 30.3. The Morgan fingerprint density at radius 3 is 2.49 bits per heavy atom. The number of hydrogen-bond acceptors (Lipinski definition) is 2. The van der Waals surface area contributed by atoms with E-state index in [4.69, 9.17) is 0 Å². The molecule has 1 heterocycles. The molecule has 5 atom stereocenters. The fourth-order valence-corrected chi connectivity index (χ4v) is 7.36. The summed E-state index contributed by atoms with van der Waals surface area (Å²) in [6.07, 6.45) is 23.1. The summed E-state index contributed by atoms with van der Waals surface area (Å²) in [7, 11) is 0. The fraction of sp³-hybridized carbons (Fsp3) is 0.571. The molecule has 1 N–H and O–H groups in total. The highest BCUT2D eigenvalue weighted by atomic mass is 19.1. The highest BCUT2D eigenvalue weighted by Gasteiger charge is 2.42. The number of nitrogens with zero attached hydrogens (tertiary/aromatic N) is 1. The molecule has 0 fully saturated rings. The normalized spacial score (nSPS) is 23.8. The third-order valence-electron chi connectivity index (χ3n) is 9.92. The van der Waals surface area contributed by atoms with Crippen LogP contribution in [0.4, 0.5) is 4.39 Å². The topological polar surface area (TPSA) is 15.3 Å². The van der Waals surface area contributed by atoms with Crippen molar-refractivity contribution < 1.29 is 4.39 Å². The molecule has 5 unspecified atom stereocenters. The number of allylic oxidation sites excluding steroid dienone is 11. The second-order valence-corrected chi connectivity index (χ2v) is 14.1. The second kappa shape index (κ2) is 18.5. The monoisotopic (exact) mass is 617 g/mol. The molecule has 0 saturated heterocycles. The van der Waals surface area contributed by atoms with Crippen LogP contribution in [-0.2, 0) is 0 Å². The zero-order chi connectivity index (χ0) is 33.7. The maximum Gasteiger partial charge on any atom is 0.122 e. The van der Waals surface area contributed by atoms with Gasteiger partial charge >= 0.3 is 0 Å². The molecule has 0 aromatic rings. The Balaban J connectivity index is 2.37. The Bertz CT molecular complexity index is 1200. The molecule has 1 aliphatic heterocycles. The minimum atomic E-state index is -0.250. The van der Waals surface area contributed by atoms with Crippen LogP contribution in [0.15, 0.2) is 108 Å². The standard InChI is InChI=1S/C42H65FN2/c1-13-16-20-32(8)27-33(9)28-41(31(6)7)44-42(12,38(15-3)30(4)5)39-25-26-45(29-36(39)14-2)35(11)23-24-37-34(10)21-18-17-19-22-40(37)43/h15-16,18-22,27,30,33-34,38,41,44H,3,6,11,13-14,17,23-26,28-29H2,1-2,4-5,7-10,12H3/b20-16-,21-18?,22-19-,32-27-,40-37+. The average molecular weight is 617 g/mol. The maximum absolute atomic E-state index is 14.9. The summed E-state index contributed by atoms with van der Waals surface area (Å²) < 4.78 is 14.9. The summed E-state index contributed by atoms with van der Waals surface area (Å²) in [5.74, 6) is 1.15. The van der Waals surface area contributed by atoms with E-state index in [-0.39, 0.29) is 29.2 Å². The minimum Gasteiger partial charge on any atom is -0.371 e. The minimum absolute atomic E-state index is 0.0785. The third kappa shape index (κ3) is 11.0. The van der Waals surface area contributed by atoms with Gasteiger partial charge in [-0.15, -0.1) is 6.58 Å². The smallest absolute Gasteiger partial charge is 0.122 e. The van der Waals surface area contributed by atoms with Crippen molar-refractivity contribution >= 4 is 0 Å². The Kier molecular flexibility index (Phi) is 15.8. The summed E-state index contributed by atoms with van der Waals surface area (Å²) in [4.78, 5) is 2.44. The second-order valence-electron chi connectivity index (χ2n) is 14.1. The first kappa shape index (κ1) is 38.5. The van der Waals surface area contributed by atoms with Gasteiger partial charge in [-0.1, -0.05) is 114 Å².